The van der Waals surface area contributed by atoms with E-state index in [0.717, 1.165) is 22.5 Å². The first kappa shape index (κ1) is 16.2. The molecule has 5 nitrogen and oxygen atoms in total. The van der Waals surface area contributed by atoms with Crippen LogP contribution >= 0.6 is 0 Å². The molecule has 26 heavy (non-hydrogen) atoms. The van der Waals surface area contributed by atoms with Crippen molar-refractivity contribution < 1.29 is 9.50 Å². The highest BCUT2D eigenvalue weighted by Gasteiger charge is 2.17. The fourth-order valence-corrected chi connectivity index (χ4v) is 2.98. The molecule has 0 unspecified atom stereocenters. The van der Waals surface area contributed by atoms with Gasteiger partial charge in [-0.3, -0.25) is 0 Å². The van der Waals surface area contributed by atoms with Gasteiger partial charge in [0.2, 0.25) is 0 Å². The smallest absolute Gasteiger partial charge is 0.148 e. The highest BCUT2D eigenvalue weighted by molar-refractivity contribution is 5.78. The van der Waals surface area contributed by atoms with Crippen molar-refractivity contribution in [3.05, 3.63) is 79.1 Å². The minimum absolute atomic E-state index is 0.000952. The van der Waals surface area contributed by atoms with E-state index >= 15 is 0 Å². The number of benzene rings is 2. The molecule has 0 aliphatic rings. The molecule has 4 aromatic rings. The quantitative estimate of drug-likeness (QED) is 0.600. The Balaban J connectivity index is 1.83. The van der Waals surface area contributed by atoms with Gasteiger partial charge in [-0.1, -0.05) is 42.5 Å². The summed E-state index contributed by atoms with van der Waals surface area (Å²) in [6.45, 7) is 0.416. The first-order valence-electron chi connectivity index (χ1n) is 8.29. The first-order valence-corrected chi connectivity index (χ1v) is 8.29. The molecule has 2 aromatic heterocycles. The van der Waals surface area contributed by atoms with Gasteiger partial charge in [-0.05, 0) is 12.1 Å². The van der Waals surface area contributed by atoms with Crippen LogP contribution in [0, 0.1) is 5.82 Å². The molecule has 0 atom stereocenters. The van der Waals surface area contributed by atoms with Gasteiger partial charge in [0.05, 0.1) is 30.5 Å². The van der Waals surface area contributed by atoms with Crippen molar-refractivity contribution in [2.24, 2.45) is 0 Å². The molecule has 2 heterocycles. The number of nitrogens with zero attached hydrogens (tertiary/aromatic N) is 4. The van der Waals surface area contributed by atoms with Gasteiger partial charge in [0, 0.05) is 23.9 Å². The molecule has 0 fully saturated rings. The summed E-state index contributed by atoms with van der Waals surface area (Å²) < 4.78 is 17.4. The van der Waals surface area contributed by atoms with E-state index in [1.807, 2.05) is 34.9 Å². The molecule has 1 N–H and O–H groups in total. The Morgan fingerprint density at radius 2 is 1.73 bits per heavy atom. The Bertz CT molecular complexity index is 1020. The van der Waals surface area contributed by atoms with Gasteiger partial charge in [0.15, 0.2) is 0 Å². The molecule has 2 aromatic carbocycles. The number of rotatable bonds is 5. The predicted octanol–water partition coefficient (Wildman–Crippen LogP) is 3.53. The summed E-state index contributed by atoms with van der Waals surface area (Å²) in [5, 5.41) is 13.7. The van der Waals surface area contributed by atoms with Crippen LogP contribution in [-0.2, 0) is 6.54 Å². The standard InChI is InChI=1S/C20H17FN4O/c21-17-8-4-5-9-18(17)25-13-16(12-23-25)20-19(15-6-2-1-3-7-15)22-14-24(20)10-11-26/h1-9,12-14,26H,10-11H2. The number of hydrogen-bond acceptors (Lipinski definition) is 3. The zero-order valence-corrected chi connectivity index (χ0v) is 14.0. The lowest BCUT2D eigenvalue weighted by Crippen LogP contribution is -2.02. The maximum atomic E-state index is 14.1. The van der Waals surface area contributed by atoms with E-state index in [-0.39, 0.29) is 12.4 Å². The largest absolute Gasteiger partial charge is 0.395 e. The van der Waals surface area contributed by atoms with E-state index in [0.29, 0.717) is 12.2 Å². The van der Waals surface area contributed by atoms with Crippen molar-refractivity contribution in [2.75, 3.05) is 6.61 Å². The SMILES string of the molecule is OCCn1cnc(-c2ccccc2)c1-c1cnn(-c2ccccc2F)c1. The minimum Gasteiger partial charge on any atom is -0.395 e. The van der Waals surface area contributed by atoms with Gasteiger partial charge < -0.3 is 9.67 Å². The fourth-order valence-electron chi connectivity index (χ4n) is 2.98. The van der Waals surface area contributed by atoms with E-state index < -0.39 is 0 Å². The monoisotopic (exact) mass is 348 g/mol. The molecule has 0 spiro atoms. The lowest BCUT2D eigenvalue weighted by Gasteiger charge is -2.07. The summed E-state index contributed by atoms with van der Waals surface area (Å²) >= 11 is 0. The lowest BCUT2D eigenvalue weighted by molar-refractivity contribution is 0.276. The third-order valence-electron chi connectivity index (χ3n) is 4.18. The second kappa shape index (κ2) is 6.93. The van der Waals surface area contributed by atoms with Gasteiger partial charge in [0.25, 0.3) is 0 Å². The zero-order valence-electron chi connectivity index (χ0n) is 14.0. The molecule has 6 heteroatoms. The Kier molecular flexibility index (Phi) is 4.33. The van der Waals surface area contributed by atoms with Gasteiger partial charge in [-0.15, -0.1) is 0 Å². The van der Waals surface area contributed by atoms with Crippen LogP contribution in [0.15, 0.2) is 73.3 Å². The molecule has 0 amide bonds. The number of halogens is 1. The molecule has 130 valence electrons. The zero-order chi connectivity index (χ0) is 17.9. The van der Waals surface area contributed by atoms with E-state index in [9.17, 15) is 9.50 Å². The Morgan fingerprint density at radius 3 is 2.50 bits per heavy atom. The van der Waals surface area contributed by atoms with Gasteiger partial charge in [-0.2, -0.15) is 5.10 Å². The van der Waals surface area contributed by atoms with Crippen LogP contribution in [-0.4, -0.2) is 31.0 Å². The summed E-state index contributed by atoms with van der Waals surface area (Å²) in [5.41, 5.74) is 3.80. The molecule has 4 rings (SSSR count). The number of hydrogen-bond donors (Lipinski definition) is 1. The van der Waals surface area contributed by atoms with Crippen molar-refractivity contribution in [3.8, 4) is 28.2 Å². The van der Waals surface area contributed by atoms with Crippen LogP contribution < -0.4 is 0 Å². The second-order valence-corrected chi connectivity index (χ2v) is 5.85. The van der Waals surface area contributed by atoms with Gasteiger partial charge in [0.1, 0.15) is 11.5 Å². The number of aliphatic hydroxyl groups excluding tert-OH is 1. The second-order valence-electron chi connectivity index (χ2n) is 5.85. The molecule has 0 aliphatic carbocycles. The van der Waals surface area contributed by atoms with E-state index in [2.05, 4.69) is 10.1 Å². The Hall–Kier alpha value is -3.25. The number of para-hydroxylation sites is 1. The van der Waals surface area contributed by atoms with Crippen LogP contribution in [0.4, 0.5) is 4.39 Å². The first-order chi connectivity index (χ1) is 12.8. The minimum atomic E-state index is -0.339. The average molecular weight is 348 g/mol. The van der Waals surface area contributed by atoms with Crippen LogP contribution in [0.5, 0.6) is 0 Å². The third kappa shape index (κ3) is 2.91. The van der Waals surface area contributed by atoms with Crippen molar-refractivity contribution in [1.82, 2.24) is 19.3 Å². The van der Waals surface area contributed by atoms with E-state index in [4.69, 9.17) is 0 Å². The highest BCUT2D eigenvalue weighted by Crippen LogP contribution is 2.31. The summed E-state index contributed by atoms with van der Waals surface area (Å²) in [6.07, 6.45) is 5.16. The maximum Gasteiger partial charge on any atom is 0.148 e. The van der Waals surface area contributed by atoms with Crippen molar-refractivity contribution in [2.45, 2.75) is 6.54 Å². The normalized spacial score (nSPS) is 11.0. The molecule has 0 radical (unpaired) electrons. The molecular weight excluding hydrogens is 331 g/mol. The molecule has 0 bridgehead atoms. The van der Waals surface area contributed by atoms with Crippen molar-refractivity contribution in [1.29, 1.82) is 0 Å². The summed E-state index contributed by atoms with van der Waals surface area (Å²) in [6, 6.07) is 16.3. The lowest BCUT2D eigenvalue weighted by atomic mass is 10.1. The summed E-state index contributed by atoms with van der Waals surface area (Å²) in [7, 11) is 0. The van der Waals surface area contributed by atoms with Gasteiger partial charge >= 0.3 is 0 Å². The van der Waals surface area contributed by atoms with Crippen LogP contribution in [0.1, 0.15) is 0 Å². The molecule has 0 aliphatic heterocycles. The summed E-state index contributed by atoms with van der Waals surface area (Å²) in [5.74, 6) is -0.339. The number of aromatic nitrogens is 4. The van der Waals surface area contributed by atoms with Crippen LogP contribution in [0.25, 0.3) is 28.2 Å². The van der Waals surface area contributed by atoms with Crippen molar-refractivity contribution in [3.63, 3.8) is 0 Å². The number of aliphatic hydroxyl groups is 1. The summed E-state index contributed by atoms with van der Waals surface area (Å²) in [4.78, 5) is 4.52. The maximum absolute atomic E-state index is 14.1. The van der Waals surface area contributed by atoms with Gasteiger partial charge in [-0.25, -0.2) is 14.1 Å². The third-order valence-corrected chi connectivity index (χ3v) is 4.18. The van der Waals surface area contributed by atoms with Crippen molar-refractivity contribution >= 4 is 0 Å². The predicted molar refractivity (Wildman–Crippen MR) is 97.3 cm³/mol. The molecule has 0 saturated heterocycles. The fraction of sp³-hybridized carbons (Fsp3) is 0.100. The molecule has 0 saturated carbocycles. The highest BCUT2D eigenvalue weighted by atomic mass is 19.1. The van der Waals surface area contributed by atoms with E-state index in [1.165, 1.54) is 10.7 Å². The van der Waals surface area contributed by atoms with Crippen LogP contribution in [0.3, 0.4) is 0 Å². The van der Waals surface area contributed by atoms with Crippen LogP contribution in [0.2, 0.25) is 0 Å². The number of imidazole rings is 1. The van der Waals surface area contributed by atoms with E-state index in [1.54, 1.807) is 36.9 Å². The molecular formula is C20H17FN4O. The Labute approximate surface area is 150 Å². The topological polar surface area (TPSA) is 55.9 Å². The Morgan fingerprint density at radius 1 is 0.962 bits per heavy atom. The average Bonchev–Trinajstić information content (AvgIpc) is 3.30.